The molecule has 0 unspecified atom stereocenters. The van der Waals surface area contributed by atoms with Crippen molar-refractivity contribution in [3.05, 3.63) is 63.6 Å². The molecule has 0 aromatic heterocycles. The molecular weight excluding hydrogens is 409 g/mol. The molecule has 26 heavy (non-hydrogen) atoms. The second-order valence-electron chi connectivity index (χ2n) is 5.80. The molecule has 0 bridgehead atoms. The summed E-state index contributed by atoms with van der Waals surface area (Å²) in [7, 11) is 0. The summed E-state index contributed by atoms with van der Waals surface area (Å²) in [5.41, 5.74) is 2.12. The van der Waals surface area contributed by atoms with E-state index in [0.717, 1.165) is 5.56 Å². The third-order valence-corrected chi connectivity index (χ3v) is 7.44. The lowest BCUT2D eigenvalue weighted by molar-refractivity contribution is -0.123. The average Bonchev–Trinajstić information content (AvgIpc) is 2.67. The number of hydrogen-bond acceptors (Lipinski definition) is 4. The molecule has 1 fully saturated rings. The minimum absolute atomic E-state index is 0.0303. The standard InChI is InChI=1S/C19H19Cl2NO2S2/c20-15-5-2-14(17(21)10-15)11-22-18(23)12-24-16-6-3-13(4-7-16)19-25-8-1-9-26-19/h2-7,10,19H,1,8-9,11-12H2,(H,22,23). The van der Waals surface area contributed by atoms with Gasteiger partial charge >= 0.3 is 0 Å². The van der Waals surface area contributed by atoms with Gasteiger partial charge in [0.05, 0.1) is 4.58 Å². The monoisotopic (exact) mass is 427 g/mol. The summed E-state index contributed by atoms with van der Waals surface area (Å²) >= 11 is 15.9. The van der Waals surface area contributed by atoms with E-state index in [9.17, 15) is 4.79 Å². The van der Waals surface area contributed by atoms with Crippen molar-refractivity contribution in [2.24, 2.45) is 0 Å². The summed E-state index contributed by atoms with van der Waals surface area (Å²) in [6.45, 7) is 0.310. The Morgan fingerprint density at radius 3 is 2.54 bits per heavy atom. The number of thioether (sulfide) groups is 2. The first-order valence-electron chi connectivity index (χ1n) is 8.28. The smallest absolute Gasteiger partial charge is 0.258 e. The van der Waals surface area contributed by atoms with Crippen molar-refractivity contribution in [2.45, 2.75) is 17.5 Å². The van der Waals surface area contributed by atoms with E-state index in [4.69, 9.17) is 27.9 Å². The maximum Gasteiger partial charge on any atom is 0.258 e. The van der Waals surface area contributed by atoms with Gasteiger partial charge in [0.1, 0.15) is 5.75 Å². The van der Waals surface area contributed by atoms with E-state index < -0.39 is 0 Å². The summed E-state index contributed by atoms with van der Waals surface area (Å²) in [6, 6.07) is 13.2. The van der Waals surface area contributed by atoms with Gasteiger partial charge < -0.3 is 10.1 Å². The number of carbonyl (C=O) groups is 1. The fraction of sp³-hybridized carbons (Fsp3) is 0.316. The first-order valence-corrected chi connectivity index (χ1v) is 11.1. The molecule has 3 nitrogen and oxygen atoms in total. The molecule has 1 aliphatic rings. The summed E-state index contributed by atoms with van der Waals surface area (Å²) in [4.78, 5) is 12.0. The van der Waals surface area contributed by atoms with Gasteiger partial charge in [-0.05, 0) is 53.3 Å². The van der Waals surface area contributed by atoms with E-state index in [1.165, 1.54) is 23.5 Å². The molecule has 0 radical (unpaired) electrons. The molecule has 1 aliphatic heterocycles. The molecule has 3 rings (SSSR count). The van der Waals surface area contributed by atoms with Gasteiger partial charge in [0, 0.05) is 16.6 Å². The Kier molecular flexibility index (Phi) is 7.43. The van der Waals surface area contributed by atoms with E-state index in [1.54, 1.807) is 18.2 Å². The van der Waals surface area contributed by atoms with E-state index in [1.807, 2.05) is 35.7 Å². The average molecular weight is 428 g/mol. The zero-order valence-corrected chi connectivity index (χ0v) is 17.2. The van der Waals surface area contributed by atoms with Crippen LogP contribution in [0.25, 0.3) is 0 Å². The van der Waals surface area contributed by atoms with Gasteiger partial charge in [-0.1, -0.05) is 41.4 Å². The van der Waals surface area contributed by atoms with Crippen LogP contribution in [0.4, 0.5) is 0 Å². The molecule has 1 amide bonds. The van der Waals surface area contributed by atoms with Crippen LogP contribution < -0.4 is 10.1 Å². The molecule has 0 saturated carbocycles. The third-order valence-electron chi connectivity index (χ3n) is 3.84. The highest BCUT2D eigenvalue weighted by Crippen LogP contribution is 2.43. The van der Waals surface area contributed by atoms with E-state index in [2.05, 4.69) is 17.4 Å². The van der Waals surface area contributed by atoms with Crippen LogP contribution in [-0.4, -0.2) is 24.0 Å². The van der Waals surface area contributed by atoms with E-state index >= 15 is 0 Å². The van der Waals surface area contributed by atoms with Crippen LogP contribution in [0, 0.1) is 0 Å². The van der Waals surface area contributed by atoms with Gasteiger partial charge in [-0.25, -0.2) is 0 Å². The van der Waals surface area contributed by atoms with Crippen molar-refractivity contribution >= 4 is 52.6 Å². The Hall–Kier alpha value is -1.01. The molecule has 7 heteroatoms. The molecular formula is C19H19Cl2NO2S2. The van der Waals surface area contributed by atoms with Gasteiger partial charge in [-0.2, -0.15) is 0 Å². The van der Waals surface area contributed by atoms with Crippen LogP contribution in [0.2, 0.25) is 10.0 Å². The lowest BCUT2D eigenvalue weighted by atomic mass is 10.2. The van der Waals surface area contributed by atoms with Crippen molar-refractivity contribution < 1.29 is 9.53 Å². The number of rotatable bonds is 6. The number of ether oxygens (including phenoxy) is 1. The lowest BCUT2D eigenvalue weighted by Crippen LogP contribution is -2.28. The third kappa shape index (κ3) is 5.74. The Morgan fingerprint density at radius 2 is 1.85 bits per heavy atom. The molecule has 1 heterocycles. The van der Waals surface area contributed by atoms with Gasteiger partial charge in [0.15, 0.2) is 6.61 Å². The van der Waals surface area contributed by atoms with E-state index in [-0.39, 0.29) is 12.5 Å². The van der Waals surface area contributed by atoms with Crippen molar-refractivity contribution in [3.63, 3.8) is 0 Å². The number of halogens is 2. The van der Waals surface area contributed by atoms with Crippen LogP contribution in [0.5, 0.6) is 5.75 Å². The van der Waals surface area contributed by atoms with Crippen molar-refractivity contribution in [2.75, 3.05) is 18.1 Å². The molecule has 0 aliphatic carbocycles. The summed E-state index contributed by atoms with van der Waals surface area (Å²) < 4.78 is 6.07. The summed E-state index contributed by atoms with van der Waals surface area (Å²) in [6.07, 6.45) is 1.28. The Balaban J connectivity index is 1.45. The second kappa shape index (κ2) is 9.79. The summed E-state index contributed by atoms with van der Waals surface area (Å²) in [5, 5.41) is 3.90. The zero-order chi connectivity index (χ0) is 18.4. The maximum atomic E-state index is 12.0. The topological polar surface area (TPSA) is 38.3 Å². The van der Waals surface area contributed by atoms with Crippen LogP contribution >= 0.6 is 46.7 Å². The maximum absolute atomic E-state index is 12.0. The highest BCUT2D eigenvalue weighted by molar-refractivity contribution is 8.16. The highest BCUT2D eigenvalue weighted by Gasteiger charge is 2.16. The SMILES string of the molecule is O=C(COc1ccc(C2SCCCS2)cc1)NCc1ccc(Cl)cc1Cl. The van der Waals surface area contributed by atoms with Crippen LogP contribution in [-0.2, 0) is 11.3 Å². The zero-order valence-electron chi connectivity index (χ0n) is 14.0. The summed E-state index contributed by atoms with van der Waals surface area (Å²) in [5.74, 6) is 2.93. The van der Waals surface area contributed by atoms with Gasteiger partial charge in [-0.3, -0.25) is 4.79 Å². The number of benzene rings is 2. The largest absolute Gasteiger partial charge is 0.484 e. The Labute approximate surface area is 172 Å². The molecule has 1 N–H and O–H groups in total. The van der Waals surface area contributed by atoms with Gasteiger partial charge in [0.25, 0.3) is 5.91 Å². The second-order valence-corrected chi connectivity index (χ2v) is 9.37. The molecule has 2 aromatic carbocycles. The quantitative estimate of drug-likeness (QED) is 0.654. The first-order chi connectivity index (χ1) is 12.6. The fourth-order valence-corrected chi connectivity index (χ4v) is 5.83. The van der Waals surface area contributed by atoms with Crippen LogP contribution in [0.3, 0.4) is 0 Å². The Bertz CT molecular complexity index is 750. The fourth-order valence-electron chi connectivity index (χ4n) is 2.46. The Morgan fingerprint density at radius 1 is 1.12 bits per heavy atom. The predicted octanol–water partition coefficient (Wildman–Crippen LogP) is 5.56. The molecule has 0 atom stereocenters. The highest BCUT2D eigenvalue weighted by atomic mass is 35.5. The number of carbonyl (C=O) groups excluding carboxylic acids is 1. The molecule has 1 saturated heterocycles. The normalized spacial score (nSPS) is 14.8. The lowest BCUT2D eigenvalue weighted by Gasteiger charge is -2.21. The predicted molar refractivity (Wildman–Crippen MR) is 113 cm³/mol. The molecule has 138 valence electrons. The van der Waals surface area contributed by atoms with Crippen molar-refractivity contribution in [1.82, 2.24) is 5.32 Å². The first kappa shape index (κ1) is 19.7. The van der Waals surface area contributed by atoms with Crippen LogP contribution in [0.1, 0.15) is 22.1 Å². The van der Waals surface area contributed by atoms with Gasteiger partial charge in [-0.15, -0.1) is 23.5 Å². The number of nitrogens with one attached hydrogen (secondary N) is 1. The molecule has 0 spiro atoms. The van der Waals surface area contributed by atoms with Crippen LogP contribution in [0.15, 0.2) is 42.5 Å². The minimum atomic E-state index is -0.196. The number of amides is 1. The van der Waals surface area contributed by atoms with E-state index in [0.29, 0.717) is 26.9 Å². The van der Waals surface area contributed by atoms with Crippen molar-refractivity contribution in [1.29, 1.82) is 0 Å². The molecule has 2 aromatic rings. The minimum Gasteiger partial charge on any atom is -0.484 e. The number of hydrogen-bond donors (Lipinski definition) is 1. The van der Waals surface area contributed by atoms with Crippen molar-refractivity contribution in [3.8, 4) is 5.75 Å². The van der Waals surface area contributed by atoms with Gasteiger partial charge in [0.2, 0.25) is 0 Å².